The third kappa shape index (κ3) is 9.66. The molecule has 0 N–H and O–H groups in total. The summed E-state index contributed by atoms with van der Waals surface area (Å²) in [6, 6.07) is 30.3. The summed E-state index contributed by atoms with van der Waals surface area (Å²) in [5.74, 6) is 0.457. The van der Waals surface area contributed by atoms with E-state index in [9.17, 15) is 9.36 Å². The Hall–Kier alpha value is -2.34. The molecule has 3 aromatic carbocycles. The van der Waals surface area contributed by atoms with Gasteiger partial charge in [0.05, 0.1) is 12.0 Å². The highest BCUT2D eigenvalue weighted by molar-refractivity contribution is 8.13. The summed E-state index contributed by atoms with van der Waals surface area (Å²) in [5, 5.41) is 0.0124. The molecular weight excluding hydrogens is 525 g/mol. The predicted octanol–water partition coefficient (Wildman–Crippen LogP) is 7.58. The van der Waals surface area contributed by atoms with E-state index in [0.29, 0.717) is 5.75 Å². The maximum atomic E-state index is 12.9. The minimum absolute atomic E-state index is 0.0124. The number of hydrogen-bond acceptors (Lipinski definition) is 6. The van der Waals surface area contributed by atoms with Crippen LogP contribution in [0.15, 0.2) is 91.0 Å². The van der Waals surface area contributed by atoms with E-state index in [2.05, 4.69) is 62.1 Å². The van der Waals surface area contributed by atoms with Gasteiger partial charge >= 0.3 is 8.69 Å². The van der Waals surface area contributed by atoms with Crippen LogP contribution in [0.3, 0.4) is 0 Å². The Morgan fingerprint density at radius 1 is 0.769 bits per heavy atom. The van der Waals surface area contributed by atoms with E-state index in [4.69, 9.17) is 9.26 Å². The van der Waals surface area contributed by atoms with Crippen LogP contribution in [0.25, 0.3) is 0 Å². The number of rotatable bonds is 14. The van der Waals surface area contributed by atoms with Crippen LogP contribution in [0.2, 0.25) is 0 Å². The van der Waals surface area contributed by atoms with Crippen molar-refractivity contribution in [2.75, 3.05) is 38.6 Å². The van der Waals surface area contributed by atoms with Crippen molar-refractivity contribution in [2.45, 2.75) is 40.2 Å². The Balaban J connectivity index is 0.000000673. The fourth-order valence-corrected chi connectivity index (χ4v) is 5.34. The Bertz CT molecular complexity index is 991. The van der Waals surface area contributed by atoms with Gasteiger partial charge in [-0.1, -0.05) is 124 Å². The zero-order valence-corrected chi connectivity index (χ0v) is 25.7. The summed E-state index contributed by atoms with van der Waals surface area (Å²) >= 11 is 1.18. The summed E-state index contributed by atoms with van der Waals surface area (Å²) in [7, 11) is -0.807. The lowest BCUT2D eigenvalue weighted by Crippen LogP contribution is -2.38. The van der Waals surface area contributed by atoms with Crippen molar-refractivity contribution >= 4 is 25.6 Å². The first kappa shape index (κ1) is 32.9. The number of ether oxygens (including phenoxy) is 1. The fraction of sp³-hybridized carbons (Fsp3) is 0.406. The summed E-state index contributed by atoms with van der Waals surface area (Å²) in [4.78, 5) is 15.3. The molecule has 0 saturated heterocycles. The molecule has 0 amide bonds. The van der Waals surface area contributed by atoms with Crippen molar-refractivity contribution < 1.29 is 18.6 Å². The summed E-state index contributed by atoms with van der Waals surface area (Å²) in [6.45, 7) is 14.4. The molecule has 3 rings (SSSR count). The van der Waals surface area contributed by atoms with E-state index in [-0.39, 0.29) is 18.3 Å². The van der Waals surface area contributed by atoms with Crippen LogP contribution >= 0.6 is 20.4 Å². The predicted molar refractivity (Wildman–Crippen MR) is 165 cm³/mol. The molecule has 7 heteroatoms. The first-order valence-electron chi connectivity index (χ1n) is 13.5. The monoisotopic (exact) mass is 568 g/mol. The molecular formula is C32H43NO4PS+. The number of nitrogens with zero attached hydrogens (tertiary/aromatic N) is 1. The van der Waals surface area contributed by atoms with Crippen molar-refractivity contribution in [1.82, 2.24) is 4.90 Å². The highest BCUT2D eigenvalue weighted by Gasteiger charge is 2.40. The quantitative estimate of drug-likeness (QED) is 0.113. The lowest BCUT2D eigenvalue weighted by atomic mass is 9.79. The zero-order chi connectivity index (χ0) is 28.6. The number of benzene rings is 3. The van der Waals surface area contributed by atoms with E-state index < -0.39 is 19.7 Å². The van der Waals surface area contributed by atoms with Gasteiger partial charge in [-0.15, -0.1) is 4.52 Å². The summed E-state index contributed by atoms with van der Waals surface area (Å²) in [6.07, 6.45) is 0. The molecule has 5 nitrogen and oxygen atoms in total. The highest BCUT2D eigenvalue weighted by atomic mass is 32.2. The highest BCUT2D eigenvalue weighted by Crippen LogP contribution is 2.42. The van der Waals surface area contributed by atoms with Gasteiger partial charge in [0.2, 0.25) is 0 Å². The molecule has 39 heavy (non-hydrogen) atoms. The van der Waals surface area contributed by atoms with Crippen LogP contribution < -0.4 is 0 Å². The van der Waals surface area contributed by atoms with Crippen LogP contribution in [-0.2, 0) is 24.2 Å². The standard InChI is InChI=1S/C26H28O4PS.C6H15N/c1-25(2,24(27)32-19-18-30-31-28)20-29-26(21-12-6-3-7-13-21,22-14-8-4-9-15-22)23-16-10-5-11-17-23;1-4-7(5-2)6-3/h3-17,31H,18-20H2,1-2H3;4-6H2,1-3H3/q+1;. The zero-order valence-electron chi connectivity index (χ0n) is 23.9. The second-order valence-corrected chi connectivity index (χ2v) is 11.2. The van der Waals surface area contributed by atoms with Crippen LogP contribution in [0, 0.1) is 5.41 Å². The van der Waals surface area contributed by atoms with Crippen molar-refractivity contribution in [3.8, 4) is 0 Å². The molecule has 0 bridgehead atoms. The largest absolute Gasteiger partial charge is 0.494 e. The van der Waals surface area contributed by atoms with Crippen molar-refractivity contribution in [3.63, 3.8) is 0 Å². The first-order chi connectivity index (χ1) is 18.9. The van der Waals surface area contributed by atoms with E-state index in [1.165, 1.54) is 31.4 Å². The molecule has 3 aromatic rings. The Labute approximate surface area is 240 Å². The van der Waals surface area contributed by atoms with E-state index >= 15 is 0 Å². The molecule has 0 saturated carbocycles. The maximum Gasteiger partial charge on any atom is 0.494 e. The van der Waals surface area contributed by atoms with E-state index in [1.54, 1.807) is 0 Å². The molecule has 0 aliphatic heterocycles. The number of carbonyl (C=O) groups is 1. The third-order valence-corrected chi connectivity index (χ3v) is 8.07. The topological polar surface area (TPSA) is 55.8 Å². The van der Waals surface area contributed by atoms with E-state index in [0.717, 1.165) is 16.7 Å². The van der Waals surface area contributed by atoms with Crippen molar-refractivity contribution in [3.05, 3.63) is 108 Å². The van der Waals surface area contributed by atoms with Gasteiger partial charge in [-0.05, 0) is 54.7 Å². The van der Waals surface area contributed by atoms with Crippen LogP contribution in [0.4, 0.5) is 0 Å². The van der Waals surface area contributed by atoms with Crippen LogP contribution in [0.5, 0.6) is 0 Å². The van der Waals surface area contributed by atoms with Crippen LogP contribution in [0.1, 0.15) is 51.3 Å². The number of carbonyl (C=O) groups excluding carboxylic acids is 1. The first-order valence-corrected chi connectivity index (χ1v) is 15.3. The number of hydrogen-bond donors (Lipinski definition) is 0. The van der Waals surface area contributed by atoms with Gasteiger partial charge in [0.1, 0.15) is 12.2 Å². The van der Waals surface area contributed by atoms with Crippen molar-refractivity contribution in [1.29, 1.82) is 0 Å². The third-order valence-electron chi connectivity index (χ3n) is 6.56. The lowest BCUT2D eigenvalue weighted by molar-refractivity contribution is -0.124. The maximum absolute atomic E-state index is 12.9. The van der Waals surface area contributed by atoms with Crippen molar-refractivity contribution in [2.24, 2.45) is 5.41 Å². The van der Waals surface area contributed by atoms with Gasteiger partial charge in [-0.3, -0.25) is 4.79 Å². The fourth-order valence-electron chi connectivity index (χ4n) is 4.20. The second kappa shape index (κ2) is 17.4. The smallest absolute Gasteiger partial charge is 0.360 e. The summed E-state index contributed by atoms with van der Waals surface area (Å²) in [5.41, 5.74) is 1.40. The Kier molecular flexibility index (Phi) is 14.6. The molecule has 0 aromatic heterocycles. The average molecular weight is 569 g/mol. The minimum Gasteiger partial charge on any atom is -0.360 e. The molecule has 0 spiro atoms. The van der Waals surface area contributed by atoms with Gasteiger partial charge < -0.3 is 9.64 Å². The van der Waals surface area contributed by atoms with Gasteiger partial charge in [0.25, 0.3) is 0 Å². The molecule has 0 aliphatic rings. The molecule has 0 radical (unpaired) electrons. The van der Waals surface area contributed by atoms with Gasteiger partial charge in [-0.25, -0.2) is 0 Å². The van der Waals surface area contributed by atoms with Gasteiger partial charge in [0, 0.05) is 5.75 Å². The van der Waals surface area contributed by atoms with E-state index in [1.807, 2.05) is 68.4 Å². The SMILES string of the molecule is CC(C)(COC(c1ccccc1)(c1ccccc1)c1ccccc1)C(=O)SCCO[PH+]=O.CCN(CC)CC. The van der Waals surface area contributed by atoms with Gasteiger partial charge in [-0.2, -0.15) is 0 Å². The average Bonchev–Trinajstić information content (AvgIpc) is 2.98. The Morgan fingerprint density at radius 2 is 1.18 bits per heavy atom. The molecule has 1 unspecified atom stereocenters. The lowest BCUT2D eigenvalue weighted by Gasteiger charge is -2.38. The second-order valence-electron chi connectivity index (χ2n) is 9.64. The van der Waals surface area contributed by atoms with Gasteiger partial charge in [0.15, 0.2) is 5.12 Å². The molecule has 0 fully saturated rings. The normalized spacial score (nSPS) is 11.7. The van der Waals surface area contributed by atoms with Crippen LogP contribution in [-0.4, -0.2) is 48.6 Å². The molecule has 210 valence electrons. The molecule has 0 aliphatic carbocycles. The number of thioether (sulfide) groups is 1. The summed E-state index contributed by atoms with van der Waals surface area (Å²) < 4.78 is 22.1. The molecule has 1 atom stereocenters. The minimum atomic E-state index is -0.862. The Morgan fingerprint density at radius 3 is 1.51 bits per heavy atom. The molecule has 0 heterocycles.